The number of benzene rings is 1. The highest BCUT2D eigenvalue weighted by atomic mass is 16.7. The van der Waals surface area contributed by atoms with E-state index in [1.165, 1.54) is 0 Å². The Morgan fingerprint density at radius 3 is 2.67 bits per heavy atom. The Balaban J connectivity index is 2.63. The molecule has 0 unspecified atom stereocenters. The van der Waals surface area contributed by atoms with E-state index < -0.39 is 6.10 Å². The first-order valence-corrected chi connectivity index (χ1v) is 7.38. The zero-order valence-electron chi connectivity index (χ0n) is 13.4. The highest BCUT2D eigenvalue weighted by molar-refractivity contribution is 6.03. The molecule has 0 saturated carbocycles. The molecular weight excluding hydrogens is 268 g/mol. The number of ether oxygens (including phenoxy) is 2. The Morgan fingerprint density at radius 1 is 1.43 bits per heavy atom. The van der Waals surface area contributed by atoms with Gasteiger partial charge in [-0.15, -0.1) is 0 Å². The summed E-state index contributed by atoms with van der Waals surface area (Å²) in [6, 6.07) is 1.88. The molecule has 1 aromatic carbocycles. The van der Waals surface area contributed by atoms with E-state index in [1.807, 2.05) is 19.9 Å². The number of ketones is 1. The monoisotopic (exact) mass is 292 g/mol. The van der Waals surface area contributed by atoms with E-state index in [1.54, 1.807) is 7.11 Å². The van der Waals surface area contributed by atoms with Gasteiger partial charge in [0.2, 0.25) is 0 Å². The average Bonchev–Trinajstić information content (AvgIpc) is 2.41. The normalized spacial score (nSPS) is 21.6. The Kier molecular flexibility index (Phi) is 4.69. The molecular formula is C17H24O4. The fraction of sp³-hybridized carbons (Fsp3) is 0.588. The molecule has 0 aromatic heterocycles. The summed E-state index contributed by atoms with van der Waals surface area (Å²) in [7, 11) is 1.59. The molecule has 2 atom stereocenters. The number of aliphatic hydroxyl groups excluding tert-OH is 1. The number of carbonyl (C=O) groups excluding carboxylic acids is 1. The molecule has 0 heterocycles. The molecule has 21 heavy (non-hydrogen) atoms. The second-order valence-electron chi connectivity index (χ2n) is 6.15. The van der Waals surface area contributed by atoms with Gasteiger partial charge in [-0.25, -0.2) is 0 Å². The topological polar surface area (TPSA) is 55.8 Å². The van der Waals surface area contributed by atoms with Gasteiger partial charge in [-0.2, -0.15) is 0 Å². The molecule has 0 saturated heterocycles. The van der Waals surface area contributed by atoms with E-state index in [0.29, 0.717) is 12.0 Å². The lowest BCUT2D eigenvalue weighted by molar-refractivity contribution is 0.0496. The number of rotatable bonds is 4. The van der Waals surface area contributed by atoms with Crippen molar-refractivity contribution in [2.75, 3.05) is 13.9 Å². The van der Waals surface area contributed by atoms with E-state index in [4.69, 9.17) is 9.47 Å². The second kappa shape index (κ2) is 6.16. The molecule has 1 aliphatic rings. The zero-order valence-corrected chi connectivity index (χ0v) is 13.4. The first kappa shape index (κ1) is 16.0. The third-order valence-corrected chi connectivity index (χ3v) is 4.12. The van der Waals surface area contributed by atoms with Gasteiger partial charge >= 0.3 is 0 Å². The first-order valence-electron chi connectivity index (χ1n) is 7.38. The predicted molar refractivity (Wildman–Crippen MR) is 81.0 cm³/mol. The van der Waals surface area contributed by atoms with Crippen LogP contribution in [0.4, 0.5) is 0 Å². The van der Waals surface area contributed by atoms with Gasteiger partial charge in [0.15, 0.2) is 12.6 Å². The average molecular weight is 292 g/mol. The van der Waals surface area contributed by atoms with E-state index >= 15 is 0 Å². The van der Waals surface area contributed by atoms with Crippen LogP contribution in [0, 0.1) is 12.8 Å². The van der Waals surface area contributed by atoms with Crippen molar-refractivity contribution in [3.05, 3.63) is 28.3 Å². The van der Waals surface area contributed by atoms with Crippen LogP contribution in [0.15, 0.2) is 6.07 Å². The summed E-state index contributed by atoms with van der Waals surface area (Å²) in [6.07, 6.45) is -0.206. The molecule has 2 rings (SSSR count). The third-order valence-electron chi connectivity index (χ3n) is 4.12. The van der Waals surface area contributed by atoms with Crippen molar-refractivity contribution >= 4 is 5.78 Å². The molecule has 116 valence electrons. The van der Waals surface area contributed by atoms with Gasteiger partial charge < -0.3 is 14.6 Å². The minimum Gasteiger partial charge on any atom is -0.467 e. The van der Waals surface area contributed by atoms with Gasteiger partial charge in [0.25, 0.3) is 0 Å². The van der Waals surface area contributed by atoms with Crippen molar-refractivity contribution in [3.8, 4) is 5.75 Å². The van der Waals surface area contributed by atoms with E-state index in [-0.39, 0.29) is 24.4 Å². The fourth-order valence-corrected chi connectivity index (χ4v) is 3.14. The molecule has 1 N–H and O–H groups in total. The highest BCUT2D eigenvalue weighted by Gasteiger charge is 2.35. The molecule has 1 aromatic rings. The second-order valence-corrected chi connectivity index (χ2v) is 6.15. The van der Waals surface area contributed by atoms with Crippen LogP contribution in [0.3, 0.4) is 0 Å². The van der Waals surface area contributed by atoms with E-state index in [9.17, 15) is 9.90 Å². The van der Waals surface area contributed by atoms with Gasteiger partial charge in [0.05, 0.1) is 0 Å². The molecule has 0 radical (unpaired) electrons. The summed E-state index contributed by atoms with van der Waals surface area (Å²) in [5.41, 5.74) is 3.61. The van der Waals surface area contributed by atoms with Crippen molar-refractivity contribution in [3.63, 3.8) is 0 Å². The van der Waals surface area contributed by atoms with Crippen LogP contribution in [0.25, 0.3) is 0 Å². The third kappa shape index (κ3) is 2.83. The molecule has 1 aliphatic carbocycles. The lowest BCUT2D eigenvalue weighted by atomic mass is 9.76. The maximum Gasteiger partial charge on any atom is 0.192 e. The smallest absolute Gasteiger partial charge is 0.192 e. The summed E-state index contributed by atoms with van der Waals surface area (Å²) < 4.78 is 10.7. The lowest BCUT2D eigenvalue weighted by Gasteiger charge is -2.31. The van der Waals surface area contributed by atoms with Crippen LogP contribution < -0.4 is 4.74 Å². The summed E-state index contributed by atoms with van der Waals surface area (Å²) >= 11 is 0. The van der Waals surface area contributed by atoms with Crippen LogP contribution in [0.5, 0.6) is 5.75 Å². The lowest BCUT2D eigenvalue weighted by Crippen LogP contribution is -2.36. The predicted octanol–water partition coefficient (Wildman–Crippen LogP) is 2.84. The summed E-state index contributed by atoms with van der Waals surface area (Å²) in [4.78, 5) is 12.4. The number of aliphatic hydroxyl groups is 1. The number of Topliss-reactive ketones (excluding diaryl/α,β-unsaturated/α-hetero) is 1. The molecule has 0 aliphatic heterocycles. The Labute approximate surface area is 126 Å². The van der Waals surface area contributed by atoms with Gasteiger partial charge in [-0.1, -0.05) is 20.8 Å². The maximum absolute atomic E-state index is 12.4. The summed E-state index contributed by atoms with van der Waals surface area (Å²) in [6.45, 7) is 8.16. The largest absolute Gasteiger partial charge is 0.467 e. The van der Waals surface area contributed by atoms with E-state index in [2.05, 4.69) is 13.8 Å². The number of methoxy groups -OCH3 is 1. The number of carbonyl (C=O) groups is 1. The molecule has 0 spiro atoms. The maximum atomic E-state index is 12.4. The van der Waals surface area contributed by atoms with Crippen LogP contribution in [0.1, 0.15) is 53.7 Å². The molecule has 0 fully saturated rings. The first-order chi connectivity index (χ1) is 9.88. The Bertz CT molecular complexity index is 548. The van der Waals surface area contributed by atoms with E-state index in [0.717, 1.165) is 22.4 Å². The van der Waals surface area contributed by atoms with Crippen molar-refractivity contribution < 1.29 is 19.4 Å². The number of hydrogen-bond donors (Lipinski definition) is 1. The van der Waals surface area contributed by atoms with Gasteiger partial charge in [0.1, 0.15) is 11.9 Å². The van der Waals surface area contributed by atoms with Crippen LogP contribution in [-0.2, 0) is 11.2 Å². The highest BCUT2D eigenvalue weighted by Crippen LogP contribution is 2.39. The van der Waals surface area contributed by atoms with Crippen LogP contribution >= 0.6 is 0 Å². The Morgan fingerprint density at radius 2 is 2.10 bits per heavy atom. The van der Waals surface area contributed by atoms with Gasteiger partial charge in [-0.3, -0.25) is 4.79 Å². The molecule has 0 amide bonds. The summed E-state index contributed by atoms with van der Waals surface area (Å²) in [5, 5.41) is 10.1. The Hall–Kier alpha value is -1.39. The van der Waals surface area contributed by atoms with Crippen molar-refractivity contribution in [2.24, 2.45) is 5.92 Å². The van der Waals surface area contributed by atoms with Crippen molar-refractivity contribution in [1.29, 1.82) is 0 Å². The van der Waals surface area contributed by atoms with Crippen LogP contribution in [-0.4, -0.2) is 30.9 Å². The zero-order chi connectivity index (χ0) is 15.7. The SMILES string of the molecule is COCOc1cc(C)c2c(c1C(C)C)C[C@H](C)[C@@H](O)C2=O. The fourth-order valence-electron chi connectivity index (χ4n) is 3.14. The summed E-state index contributed by atoms with van der Waals surface area (Å²) in [5.74, 6) is 0.780. The van der Waals surface area contributed by atoms with Crippen molar-refractivity contribution in [2.45, 2.75) is 46.1 Å². The standard InChI is InChI=1S/C17H24O4/c1-9(2)14-12-6-11(4)16(18)17(19)15(12)10(3)7-13(14)21-8-20-5/h7,9,11,16,18H,6,8H2,1-5H3/t11-,16+/m0/s1. The molecule has 4 heteroatoms. The quantitative estimate of drug-likeness (QED) is 0.867. The molecule has 4 nitrogen and oxygen atoms in total. The van der Waals surface area contributed by atoms with Crippen LogP contribution in [0.2, 0.25) is 0 Å². The number of hydrogen-bond acceptors (Lipinski definition) is 4. The van der Waals surface area contributed by atoms with Crippen molar-refractivity contribution in [1.82, 2.24) is 0 Å². The minimum absolute atomic E-state index is 0.0698. The van der Waals surface area contributed by atoms with Gasteiger partial charge in [0, 0.05) is 18.2 Å². The number of fused-ring (bicyclic) bond motifs is 1. The number of aryl methyl sites for hydroxylation is 1. The molecule has 0 bridgehead atoms. The minimum atomic E-state index is -0.901. The van der Waals surface area contributed by atoms with Gasteiger partial charge in [-0.05, 0) is 42.4 Å².